The molecule has 140 valence electrons. The molecule has 0 fully saturated rings. The Morgan fingerprint density at radius 2 is 0.812 bits per heavy atom. The molecule has 0 saturated heterocycles. The molecule has 0 atom stereocenters. The monoisotopic (exact) mass is 456 g/mol. The second kappa shape index (κ2) is 9.20. The van der Waals surface area contributed by atoms with Gasteiger partial charge in [0, 0.05) is 0 Å². The van der Waals surface area contributed by atoms with E-state index < -0.39 is 0 Å². The van der Waals surface area contributed by atoms with E-state index >= 15 is 0 Å². The minimum Gasteiger partial charge on any atom is -0.125 e. The van der Waals surface area contributed by atoms with E-state index in [1.54, 1.807) is 0 Å². The number of rotatable bonds is 0. The van der Waals surface area contributed by atoms with Gasteiger partial charge < -0.3 is 0 Å². The van der Waals surface area contributed by atoms with Crippen molar-refractivity contribution in [3.05, 3.63) is 107 Å². The minimum absolute atomic E-state index is 0. The van der Waals surface area contributed by atoms with E-state index in [0.29, 0.717) is 0 Å². The summed E-state index contributed by atoms with van der Waals surface area (Å²) in [7, 11) is 0. The van der Waals surface area contributed by atoms with Crippen molar-refractivity contribution in [2.45, 2.75) is 0 Å². The zero-order valence-electron chi connectivity index (χ0n) is 18.4. The summed E-state index contributed by atoms with van der Waals surface area (Å²) in [5, 5.41) is 10.5. The van der Waals surface area contributed by atoms with Crippen molar-refractivity contribution in [3.8, 4) is 0 Å². The molecule has 0 aliphatic heterocycles. The standard InChI is InChI=1S/C30H18.2K/c1-2-20-6-10-28-24(14-20)18-26-16-22(8-12-30(26)28)4-3-21-7-11-29-25(15-21)17-23-13-19(1)5-9-27(23)29;;/h1-18H;;/q-2;2*+1. The van der Waals surface area contributed by atoms with E-state index in [9.17, 15) is 0 Å². The SMILES string of the molecule is C1=Cc2ccc3c4ccc(cc4c[c-]3c2)C=Cc2ccc3c4ccc1cc4c[c-]3c2.[K+].[K+]. The van der Waals surface area contributed by atoms with Gasteiger partial charge in [-0.3, -0.25) is 0 Å². The molecule has 0 unspecified atom stereocenters. The van der Waals surface area contributed by atoms with E-state index in [4.69, 9.17) is 0 Å². The van der Waals surface area contributed by atoms with Gasteiger partial charge in [0.05, 0.1) is 0 Å². The normalized spacial score (nSPS) is 12.2. The van der Waals surface area contributed by atoms with Crippen LogP contribution >= 0.6 is 0 Å². The predicted octanol–water partition coefficient (Wildman–Crippen LogP) is 2.40. The molecular weight excluding hydrogens is 439 g/mol. The molecule has 0 radical (unpaired) electrons. The summed E-state index contributed by atoms with van der Waals surface area (Å²) in [5.74, 6) is 0. The van der Waals surface area contributed by atoms with Crippen LogP contribution in [0.3, 0.4) is 0 Å². The Kier molecular flexibility index (Phi) is 6.65. The minimum atomic E-state index is 0. The number of fused-ring (bicyclic) bond motifs is 6. The van der Waals surface area contributed by atoms with E-state index in [2.05, 4.69) is 109 Å². The molecule has 32 heavy (non-hydrogen) atoms. The molecule has 8 bridgehead atoms. The third-order valence-electron chi connectivity index (χ3n) is 6.44. The maximum atomic E-state index is 2.31. The zero-order chi connectivity index (χ0) is 19.7. The van der Waals surface area contributed by atoms with Crippen molar-refractivity contribution in [1.82, 2.24) is 0 Å². The van der Waals surface area contributed by atoms with Crippen LogP contribution in [0.25, 0.3) is 67.4 Å². The molecule has 6 aromatic rings. The Morgan fingerprint density at radius 3 is 1.28 bits per heavy atom. The summed E-state index contributed by atoms with van der Waals surface area (Å²) >= 11 is 0. The average molecular weight is 457 g/mol. The first kappa shape index (κ1) is 23.1. The molecule has 6 aromatic carbocycles. The van der Waals surface area contributed by atoms with Crippen LogP contribution in [0, 0.1) is 0 Å². The molecule has 0 aromatic heterocycles. The van der Waals surface area contributed by atoms with Crippen LogP contribution in [0.5, 0.6) is 0 Å². The summed E-state index contributed by atoms with van der Waals surface area (Å²) in [6.45, 7) is 0. The second-order valence-electron chi connectivity index (χ2n) is 8.34. The van der Waals surface area contributed by atoms with E-state index in [0.717, 1.165) is 0 Å². The van der Waals surface area contributed by atoms with Crippen molar-refractivity contribution in [2.24, 2.45) is 0 Å². The molecule has 0 N–H and O–H groups in total. The molecule has 7 rings (SSSR count). The Morgan fingerprint density at radius 1 is 0.406 bits per heavy atom. The molecule has 0 amide bonds. The van der Waals surface area contributed by atoms with Crippen molar-refractivity contribution < 1.29 is 103 Å². The number of hydrogen-bond donors (Lipinski definition) is 0. The Bertz CT molecular complexity index is 1440. The molecule has 2 heteroatoms. The van der Waals surface area contributed by atoms with Crippen LogP contribution < -0.4 is 103 Å². The molecule has 1 aliphatic rings. The largest absolute Gasteiger partial charge is 1.00 e. The van der Waals surface area contributed by atoms with Crippen LogP contribution in [0.1, 0.15) is 22.3 Å². The van der Waals surface area contributed by atoms with Gasteiger partial charge in [0.15, 0.2) is 0 Å². The first-order valence-electron chi connectivity index (χ1n) is 10.4. The van der Waals surface area contributed by atoms with Gasteiger partial charge in [-0.15, -0.1) is 80.8 Å². The molecule has 0 nitrogen and oxygen atoms in total. The van der Waals surface area contributed by atoms with Gasteiger partial charge in [-0.25, -0.2) is 0 Å². The summed E-state index contributed by atoms with van der Waals surface area (Å²) in [4.78, 5) is 0. The maximum Gasteiger partial charge on any atom is 1.00 e. The van der Waals surface area contributed by atoms with Gasteiger partial charge in [0.25, 0.3) is 0 Å². The van der Waals surface area contributed by atoms with Gasteiger partial charge in [-0.05, 0) is 11.1 Å². The van der Waals surface area contributed by atoms with Gasteiger partial charge >= 0.3 is 103 Å². The van der Waals surface area contributed by atoms with Crippen molar-refractivity contribution >= 4 is 67.4 Å². The number of benzene rings is 4. The van der Waals surface area contributed by atoms with E-state index in [1.807, 2.05) is 0 Å². The molecular formula is C30H18K2. The van der Waals surface area contributed by atoms with Crippen molar-refractivity contribution in [1.29, 1.82) is 0 Å². The van der Waals surface area contributed by atoms with Gasteiger partial charge in [-0.1, -0.05) is 82.6 Å². The van der Waals surface area contributed by atoms with E-state index in [1.165, 1.54) is 65.3 Å². The van der Waals surface area contributed by atoms with Crippen molar-refractivity contribution in [2.75, 3.05) is 0 Å². The molecule has 1 aliphatic carbocycles. The quantitative estimate of drug-likeness (QED) is 0.243. The second-order valence-corrected chi connectivity index (χ2v) is 8.34. The maximum absolute atomic E-state index is 2.31. The topological polar surface area (TPSA) is 0 Å². The van der Waals surface area contributed by atoms with Crippen LogP contribution in [-0.2, 0) is 0 Å². The summed E-state index contributed by atoms with van der Waals surface area (Å²) in [5.41, 5.74) is 4.93. The molecule has 0 saturated carbocycles. The van der Waals surface area contributed by atoms with Gasteiger partial charge in [0.1, 0.15) is 0 Å². The van der Waals surface area contributed by atoms with Crippen LogP contribution in [0.15, 0.2) is 84.9 Å². The fraction of sp³-hybridized carbons (Fsp3) is 0. The number of hydrogen-bond acceptors (Lipinski definition) is 0. The molecule has 0 heterocycles. The first-order chi connectivity index (χ1) is 14.8. The fourth-order valence-electron chi connectivity index (χ4n) is 4.92. The Balaban J connectivity index is 0.00000108. The van der Waals surface area contributed by atoms with Crippen LogP contribution in [0.2, 0.25) is 0 Å². The van der Waals surface area contributed by atoms with E-state index in [-0.39, 0.29) is 103 Å². The van der Waals surface area contributed by atoms with Crippen LogP contribution in [0.4, 0.5) is 0 Å². The van der Waals surface area contributed by atoms with Gasteiger partial charge in [0.2, 0.25) is 0 Å². The fourth-order valence-corrected chi connectivity index (χ4v) is 4.92. The average Bonchev–Trinajstić information content (AvgIpc) is 3.31. The third kappa shape index (κ3) is 3.95. The molecule has 0 spiro atoms. The Labute approximate surface area is 272 Å². The summed E-state index contributed by atoms with van der Waals surface area (Å²) in [6.07, 6.45) is 8.87. The third-order valence-corrected chi connectivity index (χ3v) is 6.44. The smallest absolute Gasteiger partial charge is 0.125 e. The summed E-state index contributed by atoms with van der Waals surface area (Å²) in [6, 6.07) is 31.7. The first-order valence-corrected chi connectivity index (χ1v) is 10.4. The predicted molar refractivity (Wildman–Crippen MR) is 132 cm³/mol. The summed E-state index contributed by atoms with van der Waals surface area (Å²) < 4.78 is 0. The van der Waals surface area contributed by atoms with Gasteiger partial charge in [-0.2, -0.15) is 0 Å². The van der Waals surface area contributed by atoms with Crippen LogP contribution in [-0.4, -0.2) is 0 Å². The zero-order valence-corrected chi connectivity index (χ0v) is 24.6. The Hall–Kier alpha value is -0.627. The van der Waals surface area contributed by atoms with Crippen molar-refractivity contribution in [3.63, 3.8) is 0 Å².